The highest BCUT2D eigenvalue weighted by atomic mass is 32.2. The second kappa shape index (κ2) is 16.4. The third-order valence-electron chi connectivity index (χ3n) is 7.31. The van der Waals surface area contributed by atoms with Gasteiger partial charge >= 0.3 is 0 Å². The lowest BCUT2D eigenvalue weighted by Gasteiger charge is -2.24. The predicted molar refractivity (Wildman–Crippen MR) is 177 cm³/mol. The van der Waals surface area contributed by atoms with E-state index in [1.807, 2.05) is 74.5 Å². The maximum Gasteiger partial charge on any atom is 0.251 e. The number of carbonyl (C=O) groups is 3. The maximum atomic E-state index is 13.7. The fourth-order valence-corrected chi connectivity index (χ4v) is 5.15. The van der Waals surface area contributed by atoms with Crippen molar-refractivity contribution >= 4 is 33.4 Å². The fraction of sp³-hybridized carbons (Fsp3) is 0.324. The van der Waals surface area contributed by atoms with Gasteiger partial charge in [-0.25, -0.2) is 8.42 Å². The SMILES string of the molecule is C#CCNC(=O)[C@H](CC)NC[C@H](Cc1ccccc1)NC(=O)c1cc(C(=O)N[C@H](C)c2ccccc2)cc(N(C)S(C)(=O)=O)c1. The summed E-state index contributed by atoms with van der Waals surface area (Å²) < 4.78 is 25.8. The van der Waals surface area contributed by atoms with Crippen LogP contribution in [0.4, 0.5) is 5.69 Å². The molecular weight excluding hydrogens is 590 g/mol. The Morgan fingerprint density at radius 1 is 0.911 bits per heavy atom. The highest BCUT2D eigenvalue weighted by Gasteiger charge is 2.23. The zero-order valence-corrected chi connectivity index (χ0v) is 26.9. The second-order valence-electron chi connectivity index (χ2n) is 10.8. The van der Waals surface area contributed by atoms with E-state index in [2.05, 4.69) is 27.2 Å². The Morgan fingerprint density at radius 2 is 1.49 bits per heavy atom. The Kier molecular flexibility index (Phi) is 12.7. The van der Waals surface area contributed by atoms with Crippen molar-refractivity contribution in [3.8, 4) is 12.3 Å². The van der Waals surface area contributed by atoms with Crippen molar-refractivity contribution in [2.45, 2.75) is 44.8 Å². The number of terminal acetylenes is 1. The van der Waals surface area contributed by atoms with E-state index in [9.17, 15) is 22.8 Å². The van der Waals surface area contributed by atoms with Crippen LogP contribution in [0.5, 0.6) is 0 Å². The molecule has 0 aliphatic rings. The topological polar surface area (TPSA) is 137 Å². The maximum absolute atomic E-state index is 13.7. The van der Waals surface area contributed by atoms with Crippen molar-refractivity contribution in [2.75, 3.05) is 30.7 Å². The van der Waals surface area contributed by atoms with E-state index < -0.39 is 33.9 Å². The fourth-order valence-electron chi connectivity index (χ4n) is 4.66. The molecule has 10 nitrogen and oxygen atoms in total. The van der Waals surface area contributed by atoms with Crippen LogP contribution in [0.3, 0.4) is 0 Å². The number of hydrogen-bond donors (Lipinski definition) is 4. The second-order valence-corrected chi connectivity index (χ2v) is 12.8. The summed E-state index contributed by atoms with van der Waals surface area (Å²) in [7, 11) is -2.34. The van der Waals surface area contributed by atoms with Crippen LogP contribution < -0.4 is 25.6 Å². The Labute approximate surface area is 266 Å². The van der Waals surface area contributed by atoms with Crippen LogP contribution in [0, 0.1) is 12.3 Å². The van der Waals surface area contributed by atoms with Gasteiger partial charge in [-0.05, 0) is 49.1 Å². The minimum atomic E-state index is -3.70. The molecule has 3 rings (SSSR count). The summed E-state index contributed by atoms with van der Waals surface area (Å²) in [6.07, 6.45) is 7.27. The van der Waals surface area contributed by atoms with Crippen LogP contribution in [0.15, 0.2) is 78.9 Å². The Morgan fingerprint density at radius 3 is 2.04 bits per heavy atom. The average molecular weight is 632 g/mol. The Hall–Kier alpha value is -4.66. The van der Waals surface area contributed by atoms with Gasteiger partial charge in [0.05, 0.1) is 30.6 Å². The van der Waals surface area contributed by atoms with E-state index in [-0.39, 0.29) is 41.9 Å². The molecule has 0 spiro atoms. The van der Waals surface area contributed by atoms with Gasteiger partial charge in [-0.15, -0.1) is 6.42 Å². The lowest BCUT2D eigenvalue weighted by Crippen LogP contribution is -2.50. The molecule has 0 aliphatic carbocycles. The molecule has 238 valence electrons. The minimum Gasteiger partial charge on any atom is -0.348 e. The number of anilines is 1. The molecule has 4 N–H and O–H groups in total. The lowest BCUT2D eigenvalue weighted by atomic mass is 10.0. The van der Waals surface area contributed by atoms with Gasteiger partial charge in [0, 0.05) is 30.8 Å². The number of nitrogens with zero attached hydrogens (tertiary/aromatic N) is 1. The standard InChI is InChI=1S/C34H41N5O5S/c1-6-18-35-34(42)31(7-2)36-23-29(19-25-14-10-8-11-15-25)38-33(41)28-20-27(21-30(22-28)39(4)45(5,43)44)32(40)37-24(3)26-16-12-9-13-17-26/h1,8-17,20-22,24,29,31,36H,7,18-19,23H2,2-5H3,(H,35,42)(H,37,40)(H,38,41)/t24-,29+,31+/m1/s1. The minimum absolute atomic E-state index is 0.109. The van der Waals surface area contributed by atoms with Gasteiger partial charge in [-0.2, -0.15) is 0 Å². The van der Waals surface area contributed by atoms with Crippen molar-refractivity contribution in [1.82, 2.24) is 21.3 Å². The number of amides is 3. The summed E-state index contributed by atoms with van der Waals surface area (Å²) in [5, 5.41) is 11.8. The van der Waals surface area contributed by atoms with E-state index in [1.54, 1.807) is 0 Å². The third-order valence-corrected chi connectivity index (χ3v) is 8.52. The molecule has 0 unspecified atom stereocenters. The molecule has 3 atom stereocenters. The van der Waals surface area contributed by atoms with E-state index in [4.69, 9.17) is 6.42 Å². The molecule has 0 heterocycles. The first-order chi connectivity index (χ1) is 21.4. The van der Waals surface area contributed by atoms with Crippen molar-refractivity contribution in [2.24, 2.45) is 0 Å². The van der Waals surface area contributed by atoms with Crippen molar-refractivity contribution in [3.63, 3.8) is 0 Å². The number of sulfonamides is 1. The molecule has 0 saturated heterocycles. The number of benzene rings is 3. The highest BCUT2D eigenvalue weighted by molar-refractivity contribution is 7.92. The van der Waals surface area contributed by atoms with Gasteiger partial charge in [-0.1, -0.05) is 73.5 Å². The lowest BCUT2D eigenvalue weighted by molar-refractivity contribution is -0.123. The summed E-state index contributed by atoms with van der Waals surface area (Å²) in [5.41, 5.74) is 2.26. The summed E-state index contributed by atoms with van der Waals surface area (Å²) in [5.74, 6) is 1.18. The van der Waals surface area contributed by atoms with Crippen molar-refractivity contribution < 1.29 is 22.8 Å². The normalized spacial score (nSPS) is 13.0. The first-order valence-electron chi connectivity index (χ1n) is 14.7. The monoisotopic (exact) mass is 631 g/mol. The molecule has 0 bridgehead atoms. The van der Waals surface area contributed by atoms with Gasteiger partial charge in [0.1, 0.15) is 0 Å². The Balaban J connectivity index is 1.90. The van der Waals surface area contributed by atoms with Gasteiger partial charge in [-0.3, -0.25) is 18.7 Å². The molecule has 11 heteroatoms. The van der Waals surface area contributed by atoms with E-state index >= 15 is 0 Å². The first kappa shape index (κ1) is 34.8. The van der Waals surface area contributed by atoms with Gasteiger partial charge in [0.15, 0.2) is 0 Å². The van der Waals surface area contributed by atoms with E-state index in [0.29, 0.717) is 12.8 Å². The van der Waals surface area contributed by atoms with Gasteiger partial charge < -0.3 is 21.3 Å². The number of nitrogens with one attached hydrogen (secondary N) is 4. The molecule has 0 aliphatic heterocycles. The average Bonchev–Trinajstić information content (AvgIpc) is 3.03. The van der Waals surface area contributed by atoms with E-state index in [0.717, 1.165) is 21.7 Å². The van der Waals surface area contributed by atoms with Crippen LogP contribution in [-0.2, 0) is 21.2 Å². The smallest absolute Gasteiger partial charge is 0.251 e. The summed E-state index contributed by atoms with van der Waals surface area (Å²) in [6, 6.07) is 22.0. The summed E-state index contributed by atoms with van der Waals surface area (Å²) >= 11 is 0. The summed E-state index contributed by atoms with van der Waals surface area (Å²) in [4.78, 5) is 39.7. The molecule has 3 aromatic rings. The van der Waals surface area contributed by atoms with Crippen LogP contribution in [0.1, 0.15) is 58.2 Å². The highest BCUT2D eigenvalue weighted by Crippen LogP contribution is 2.22. The van der Waals surface area contributed by atoms with Crippen molar-refractivity contribution in [1.29, 1.82) is 0 Å². The molecule has 0 radical (unpaired) electrons. The quantitative estimate of drug-likeness (QED) is 0.191. The molecule has 3 amide bonds. The zero-order chi connectivity index (χ0) is 33.0. The van der Waals surface area contributed by atoms with E-state index in [1.165, 1.54) is 25.2 Å². The number of rotatable bonds is 15. The largest absolute Gasteiger partial charge is 0.348 e. The summed E-state index contributed by atoms with van der Waals surface area (Å²) in [6.45, 7) is 4.07. The third kappa shape index (κ3) is 10.5. The van der Waals surface area contributed by atoms with Gasteiger partial charge in [0.2, 0.25) is 15.9 Å². The molecule has 0 aromatic heterocycles. The van der Waals surface area contributed by atoms with Crippen LogP contribution in [0.2, 0.25) is 0 Å². The molecule has 45 heavy (non-hydrogen) atoms. The predicted octanol–water partition coefficient (Wildman–Crippen LogP) is 3.03. The Bertz CT molecular complexity index is 1610. The van der Waals surface area contributed by atoms with Crippen LogP contribution in [0.25, 0.3) is 0 Å². The van der Waals surface area contributed by atoms with Crippen molar-refractivity contribution in [3.05, 3.63) is 101 Å². The van der Waals surface area contributed by atoms with Crippen LogP contribution >= 0.6 is 0 Å². The molecular formula is C34H41N5O5S. The molecule has 0 fully saturated rings. The number of hydrogen-bond acceptors (Lipinski definition) is 6. The number of carbonyl (C=O) groups excluding carboxylic acids is 3. The molecule has 3 aromatic carbocycles. The zero-order valence-electron chi connectivity index (χ0n) is 26.0. The molecule has 0 saturated carbocycles. The van der Waals surface area contributed by atoms with Crippen LogP contribution in [-0.4, -0.2) is 64.6 Å². The first-order valence-corrected chi connectivity index (χ1v) is 16.5. The van der Waals surface area contributed by atoms with Gasteiger partial charge in [0.25, 0.3) is 11.8 Å².